The Bertz CT molecular complexity index is 1760. The van der Waals surface area contributed by atoms with E-state index >= 15 is 0 Å². The van der Waals surface area contributed by atoms with Crippen LogP contribution in [0.3, 0.4) is 0 Å². The molecule has 11 heteroatoms. The van der Waals surface area contributed by atoms with Gasteiger partial charge in [-0.25, -0.2) is 4.99 Å². The largest absolute Gasteiger partial charge is 0.496 e. The molecule has 1 saturated heterocycles. The number of benzene rings is 2. The topological polar surface area (TPSA) is 110 Å². The predicted octanol–water partition coefficient (Wildman–Crippen LogP) is 4.26. The number of fused-ring (bicyclic) bond motifs is 1. The Kier molecular flexibility index (Phi) is 8.82. The third kappa shape index (κ3) is 5.73. The van der Waals surface area contributed by atoms with Crippen LogP contribution in [0.2, 0.25) is 0 Å². The summed E-state index contributed by atoms with van der Waals surface area (Å²) >= 11 is 1.22. The maximum atomic E-state index is 14.3. The molecule has 1 amide bonds. The van der Waals surface area contributed by atoms with Crippen molar-refractivity contribution in [1.29, 1.82) is 0 Å². The number of hydrogen-bond donors (Lipinski definition) is 0. The summed E-state index contributed by atoms with van der Waals surface area (Å²) in [5.41, 5.74) is 2.76. The second-order valence-electron chi connectivity index (χ2n) is 11.0. The summed E-state index contributed by atoms with van der Waals surface area (Å²) in [4.78, 5) is 48.6. The molecule has 5 rings (SSSR count). The van der Waals surface area contributed by atoms with E-state index < -0.39 is 11.0 Å². The molecule has 1 aromatic heterocycles. The monoisotopic (exact) mass is 603 g/mol. The highest BCUT2D eigenvalue weighted by molar-refractivity contribution is 7.07. The van der Waals surface area contributed by atoms with E-state index in [9.17, 15) is 19.7 Å². The van der Waals surface area contributed by atoms with Crippen LogP contribution in [0.15, 0.2) is 63.5 Å². The Morgan fingerprint density at radius 2 is 1.88 bits per heavy atom. The lowest BCUT2D eigenvalue weighted by atomic mass is 9.94. The number of methoxy groups -OCH3 is 1. The number of amides is 1. The normalized spacial score (nSPS) is 17.5. The number of aromatic nitrogens is 1. The quantitative estimate of drug-likeness (QED) is 0.281. The van der Waals surface area contributed by atoms with E-state index in [1.165, 1.54) is 23.5 Å². The van der Waals surface area contributed by atoms with E-state index in [1.807, 2.05) is 38.1 Å². The molecule has 3 aromatic rings. The van der Waals surface area contributed by atoms with Gasteiger partial charge >= 0.3 is 0 Å². The number of carbonyl (C=O) groups is 1. The lowest BCUT2D eigenvalue weighted by Gasteiger charge is -2.33. The first-order valence-electron chi connectivity index (χ1n) is 14.7. The molecule has 3 heterocycles. The summed E-state index contributed by atoms with van der Waals surface area (Å²) in [5.74, 6) is 0.992. The molecule has 2 aliphatic heterocycles. The zero-order chi connectivity index (χ0) is 30.8. The summed E-state index contributed by atoms with van der Waals surface area (Å²) in [6.07, 6.45) is 3.79. The van der Waals surface area contributed by atoms with Crippen molar-refractivity contribution >= 4 is 34.7 Å². The fraction of sp³-hybridized carbons (Fsp3) is 0.406. The standard InChI is InChI=1S/C32H37N5O5S/c1-6-34(7-2)31(39)28-21(4)33-32-36(29(28)24-10-8-9-11-26(24)42-5)30(38)27(43-32)19-22-18-23(37(40)41)12-13-25(22)35-16-14-20(3)15-17-35/h8-13,18-20,29H,6-7,14-17H2,1-5H3/b27-19-/t29-/m1/s1. The van der Waals surface area contributed by atoms with Crippen LogP contribution in [0.4, 0.5) is 11.4 Å². The molecule has 0 unspecified atom stereocenters. The van der Waals surface area contributed by atoms with Crippen LogP contribution in [0.5, 0.6) is 5.75 Å². The lowest BCUT2D eigenvalue weighted by Crippen LogP contribution is -2.43. The van der Waals surface area contributed by atoms with Gasteiger partial charge in [0.05, 0.1) is 27.8 Å². The molecule has 43 heavy (non-hydrogen) atoms. The maximum absolute atomic E-state index is 14.3. The number of hydrogen-bond acceptors (Lipinski definition) is 8. The first-order chi connectivity index (χ1) is 20.7. The van der Waals surface area contributed by atoms with Crippen LogP contribution in [-0.4, -0.2) is 53.6 Å². The van der Waals surface area contributed by atoms with Crippen molar-refractivity contribution < 1.29 is 14.5 Å². The molecule has 0 saturated carbocycles. The Balaban J connectivity index is 1.73. The number of nitro benzene ring substituents is 1. The molecule has 0 spiro atoms. The van der Waals surface area contributed by atoms with Crippen LogP contribution in [0, 0.1) is 16.0 Å². The maximum Gasteiger partial charge on any atom is 0.271 e. The molecule has 2 aromatic carbocycles. The van der Waals surface area contributed by atoms with E-state index in [0.717, 1.165) is 31.6 Å². The highest BCUT2D eigenvalue weighted by Crippen LogP contribution is 2.36. The number of non-ortho nitro benzene ring substituents is 1. The number of nitrogens with zero attached hydrogens (tertiary/aromatic N) is 5. The van der Waals surface area contributed by atoms with Crippen LogP contribution in [-0.2, 0) is 4.79 Å². The van der Waals surface area contributed by atoms with Gasteiger partial charge in [-0.2, -0.15) is 0 Å². The van der Waals surface area contributed by atoms with Crippen LogP contribution >= 0.6 is 11.3 Å². The van der Waals surface area contributed by atoms with Crippen molar-refractivity contribution in [2.45, 2.75) is 46.6 Å². The fourth-order valence-electron chi connectivity index (χ4n) is 5.91. The van der Waals surface area contributed by atoms with Crippen molar-refractivity contribution in [3.63, 3.8) is 0 Å². The molecule has 226 valence electrons. The van der Waals surface area contributed by atoms with Crippen LogP contribution in [0.25, 0.3) is 6.08 Å². The Hall–Kier alpha value is -4.25. The fourth-order valence-corrected chi connectivity index (χ4v) is 6.95. The number of carbonyl (C=O) groups excluding carboxylic acids is 1. The highest BCUT2D eigenvalue weighted by atomic mass is 32.1. The molecule has 0 bridgehead atoms. The summed E-state index contributed by atoms with van der Waals surface area (Å²) < 4.78 is 7.64. The highest BCUT2D eigenvalue weighted by Gasteiger charge is 2.35. The number of piperidine rings is 1. The first-order valence-corrected chi connectivity index (χ1v) is 15.5. The lowest BCUT2D eigenvalue weighted by molar-refractivity contribution is -0.384. The summed E-state index contributed by atoms with van der Waals surface area (Å²) in [5, 5.41) is 11.7. The average molecular weight is 604 g/mol. The average Bonchev–Trinajstić information content (AvgIpc) is 3.31. The molecule has 2 aliphatic rings. The number of thiazole rings is 1. The van der Waals surface area contributed by atoms with Crippen molar-refractivity contribution in [2.75, 3.05) is 38.2 Å². The zero-order valence-electron chi connectivity index (χ0n) is 25.2. The minimum Gasteiger partial charge on any atom is -0.496 e. The number of likely N-dealkylation sites (N-methyl/N-ethyl adjacent to an activating group) is 1. The van der Waals surface area contributed by atoms with Gasteiger partial charge in [0.2, 0.25) is 0 Å². The number of ether oxygens (including phenoxy) is 1. The molecule has 1 fully saturated rings. The van der Waals surface area contributed by atoms with Gasteiger partial charge in [0.25, 0.3) is 17.2 Å². The number of nitro groups is 1. The van der Waals surface area contributed by atoms with Gasteiger partial charge in [-0.1, -0.05) is 36.5 Å². The second kappa shape index (κ2) is 12.5. The van der Waals surface area contributed by atoms with Gasteiger partial charge in [0.1, 0.15) is 11.8 Å². The number of rotatable bonds is 8. The van der Waals surface area contributed by atoms with E-state index in [0.29, 0.717) is 56.5 Å². The molecule has 0 radical (unpaired) electrons. The number of allylic oxidation sites excluding steroid dienone is 1. The predicted molar refractivity (Wildman–Crippen MR) is 168 cm³/mol. The van der Waals surface area contributed by atoms with Gasteiger partial charge in [0, 0.05) is 55.1 Å². The van der Waals surface area contributed by atoms with Crippen molar-refractivity contribution in [1.82, 2.24) is 9.47 Å². The van der Waals surface area contributed by atoms with Crippen molar-refractivity contribution in [2.24, 2.45) is 10.9 Å². The molecule has 1 atom stereocenters. The molecular formula is C32H37N5O5S. The third-order valence-corrected chi connectivity index (χ3v) is 9.35. The van der Waals surface area contributed by atoms with E-state index in [4.69, 9.17) is 9.73 Å². The number of anilines is 1. The molecular weight excluding hydrogens is 566 g/mol. The zero-order valence-corrected chi connectivity index (χ0v) is 26.0. The number of para-hydroxylation sites is 1. The summed E-state index contributed by atoms with van der Waals surface area (Å²) in [6.45, 7) is 10.6. The van der Waals surface area contributed by atoms with Gasteiger partial charge < -0.3 is 14.5 Å². The van der Waals surface area contributed by atoms with E-state index in [-0.39, 0.29) is 17.2 Å². The summed E-state index contributed by atoms with van der Waals surface area (Å²) in [7, 11) is 1.57. The van der Waals surface area contributed by atoms with Crippen molar-refractivity contribution in [3.8, 4) is 5.75 Å². The van der Waals surface area contributed by atoms with Crippen molar-refractivity contribution in [3.05, 3.63) is 94.7 Å². The van der Waals surface area contributed by atoms with Crippen LogP contribution in [0.1, 0.15) is 57.7 Å². The Labute approximate surface area is 254 Å². The van der Waals surface area contributed by atoms with Gasteiger partial charge in [-0.05, 0) is 57.7 Å². The van der Waals surface area contributed by atoms with Gasteiger partial charge in [0.15, 0.2) is 4.80 Å². The Morgan fingerprint density at radius 1 is 1.19 bits per heavy atom. The van der Waals surface area contributed by atoms with Crippen LogP contribution < -0.4 is 24.5 Å². The second-order valence-corrected chi connectivity index (χ2v) is 12.0. The molecule has 10 nitrogen and oxygen atoms in total. The van der Waals surface area contributed by atoms with Gasteiger partial charge in [-0.3, -0.25) is 24.3 Å². The van der Waals surface area contributed by atoms with E-state index in [2.05, 4.69) is 11.8 Å². The SMILES string of the molecule is CCN(CC)C(=O)C1=C(C)N=c2s/c(=C\c3cc([N+](=O)[O-])ccc3N3CCC(C)CC3)c(=O)n2[C@@H]1c1ccccc1OC. The summed E-state index contributed by atoms with van der Waals surface area (Å²) in [6, 6.07) is 11.5. The first kappa shape index (κ1) is 30.2. The van der Waals surface area contributed by atoms with Gasteiger partial charge in [-0.15, -0.1) is 0 Å². The minimum atomic E-state index is -0.754. The third-order valence-electron chi connectivity index (χ3n) is 8.37. The molecule has 0 aliphatic carbocycles. The van der Waals surface area contributed by atoms with E-state index in [1.54, 1.807) is 35.6 Å². The molecule has 0 N–H and O–H groups in total. The smallest absolute Gasteiger partial charge is 0.271 e. The Morgan fingerprint density at radius 3 is 2.53 bits per heavy atom. The minimum absolute atomic E-state index is 0.0389.